The SMILES string of the molecule is NCC[N+](CCN)(CCN)CCC[C@H](N)C(=O)N[C@@H](CCc1ccccc1)C(=O)Nc1cnc2ccccc2c1. The predicted molar refractivity (Wildman–Crippen MR) is 161 cm³/mol. The third-order valence-electron chi connectivity index (χ3n) is 7.35. The monoisotopic (exact) mass is 549 g/mol. The minimum absolute atomic E-state index is 0.307. The van der Waals surface area contributed by atoms with E-state index in [0.717, 1.165) is 53.5 Å². The van der Waals surface area contributed by atoms with Gasteiger partial charge >= 0.3 is 0 Å². The van der Waals surface area contributed by atoms with Gasteiger partial charge in [-0.2, -0.15) is 0 Å². The number of hydrogen-bond donors (Lipinski definition) is 6. The number of fused-ring (bicyclic) bond motifs is 1. The van der Waals surface area contributed by atoms with Crippen LogP contribution in [0.1, 0.15) is 24.8 Å². The molecule has 0 spiro atoms. The van der Waals surface area contributed by atoms with Gasteiger partial charge in [-0.15, -0.1) is 0 Å². The van der Waals surface area contributed by atoms with Crippen LogP contribution in [0, 0.1) is 0 Å². The molecule has 10 nitrogen and oxygen atoms in total. The van der Waals surface area contributed by atoms with E-state index in [1.165, 1.54) is 0 Å². The fourth-order valence-corrected chi connectivity index (χ4v) is 5.14. The minimum Gasteiger partial charge on any atom is -0.343 e. The van der Waals surface area contributed by atoms with E-state index in [1.807, 2.05) is 60.7 Å². The van der Waals surface area contributed by atoms with E-state index in [-0.39, 0.29) is 11.8 Å². The molecular weight excluding hydrogens is 504 g/mol. The maximum Gasteiger partial charge on any atom is 0.247 e. The summed E-state index contributed by atoms with van der Waals surface area (Å²) in [6.45, 7) is 4.75. The van der Waals surface area contributed by atoms with Crippen molar-refractivity contribution in [2.24, 2.45) is 22.9 Å². The Hall–Kier alpha value is -3.41. The van der Waals surface area contributed by atoms with Gasteiger partial charge in [0.25, 0.3) is 0 Å². The molecule has 40 heavy (non-hydrogen) atoms. The third-order valence-corrected chi connectivity index (χ3v) is 7.35. The van der Waals surface area contributed by atoms with Crippen LogP contribution in [0.2, 0.25) is 0 Å². The molecule has 2 atom stereocenters. The molecule has 0 aliphatic rings. The Labute approximate surface area is 237 Å². The second kappa shape index (κ2) is 16.0. The number of amides is 2. The molecule has 0 radical (unpaired) electrons. The van der Waals surface area contributed by atoms with E-state index in [2.05, 4.69) is 15.6 Å². The zero-order valence-corrected chi connectivity index (χ0v) is 23.3. The number of benzene rings is 2. The Balaban J connectivity index is 1.64. The summed E-state index contributed by atoms with van der Waals surface area (Å²) in [6, 6.07) is 17.9. The molecule has 10 N–H and O–H groups in total. The number of anilines is 1. The lowest BCUT2D eigenvalue weighted by Crippen LogP contribution is -2.56. The third kappa shape index (κ3) is 9.35. The predicted octanol–water partition coefficient (Wildman–Crippen LogP) is 1.09. The minimum atomic E-state index is -0.758. The number of rotatable bonds is 17. The lowest BCUT2D eigenvalue weighted by molar-refractivity contribution is -0.924. The van der Waals surface area contributed by atoms with E-state index in [9.17, 15) is 9.59 Å². The first-order chi connectivity index (χ1) is 19.4. The standard InChI is InChI=1S/C30H44N8O2/c31-14-18-38(19-15-32,20-16-33)17-6-10-26(34)29(39)37-28(13-12-23-7-2-1-3-8-23)30(40)36-25-21-24-9-4-5-11-27(24)35-22-25/h1-5,7-9,11,21-22,26,28H,6,10,12-20,31-34H2,(H-,36,37,39,40)/p+1/t26-,28-/m0/s1. The molecule has 0 saturated carbocycles. The summed E-state index contributed by atoms with van der Waals surface area (Å²) in [5, 5.41) is 6.75. The van der Waals surface area contributed by atoms with Gasteiger partial charge in [-0.3, -0.25) is 14.6 Å². The van der Waals surface area contributed by atoms with Gasteiger partial charge in [0.15, 0.2) is 0 Å². The van der Waals surface area contributed by atoms with Crippen LogP contribution in [0.15, 0.2) is 66.9 Å². The number of nitrogens with two attached hydrogens (primary N) is 4. The molecule has 1 aromatic heterocycles. The Morgan fingerprint density at radius 2 is 1.48 bits per heavy atom. The van der Waals surface area contributed by atoms with Gasteiger partial charge in [-0.25, -0.2) is 0 Å². The highest BCUT2D eigenvalue weighted by molar-refractivity contribution is 5.98. The topological polar surface area (TPSA) is 175 Å². The number of hydrogen-bond acceptors (Lipinski definition) is 7. The number of carbonyl (C=O) groups excluding carboxylic acids is 2. The summed E-state index contributed by atoms with van der Waals surface area (Å²) in [6.07, 6.45) is 3.88. The van der Waals surface area contributed by atoms with Crippen molar-refractivity contribution < 1.29 is 14.1 Å². The average molecular weight is 550 g/mol. The second-order valence-electron chi connectivity index (χ2n) is 10.3. The lowest BCUT2D eigenvalue weighted by atomic mass is 10.0. The highest BCUT2D eigenvalue weighted by Gasteiger charge is 2.27. The van der Waals surface area contributed by atoms with Gasteiger partial charge in [-0.05, 0) is 43.4 Å². The molecule has 10 heteroatoms. The average Bonchev–Trinajstić information content (AvgIpc) is 2.96. The molecule has 0 fully saturated rings. The summed E-state index contributed by atoms with van der Waals surface area (Å²) in [5.74, 6) is -0.655. The van der Waals surface area contributed by atoms with Crippen LogP contribution in [0.4, 0.5) is 5.69 Å². The number of carbonyl (C=O) groups is 2. The Bertz CT molecular complexity index is 1190. The van der Waals surface area contributed by atoms with Crippen LogP contribution in [0.25, 0.3) is 10.9 Å². The number of nitrogens with one attached hydrogen (secondary N) is 2. The molecule has 1 heterocycles. The molecule has 2 amide bonds. The highest BCUT2D eigenvalue weighted by Crippen LogP contribution is 2.17. The van der Waals surface area contributed by atoms with E-state index in [1.54, 1.807) is 6.20 Å². The van der Waals surface area contributed by atoms with Gasteiger partial charge in [0.2, 0.25) is 11.8 Å². The van der Waals surface area contributed by atoms with Gasteiger partial charge < -0.3 is 38.1 Å². The quantitative estimate of drug-likeness (QED) is 0.137. The number of quaternary nitrogens is 1. The van der Waals surface area contributed by atoms with Gasteiger partial charge in [0, 0.05) is 25.0 Å². The highest BCUT2D eigenvalue weighted by atomic mass is 16.2. The number of aryl methyl sites for hydroxylation is 1. The maximum absolute atomic E-state index is 13.4. The van der Waals surface area contributed by atoms with Gasteiger partial charge in [-0.1, -0.05) is 48.5 Å². The van der Waals surface area contributed by atoms with Crippen LogP contribution >= 0.6 is 0 Å². The van der Waals surface area contributed by atoms with E-state index in [4.69, 9.17) is 22.9 Å². The molecule has 0 bridgehead atoms. The zero-order valence-electron chi connectivity index (χ0n) is 23.3. The van der Waals surface area contributed by atoms with Crippen molar-refractivity contribution in [2.45, 2.75) is 37.8 Å². The summed E-state index contributed by atoms with van der Waals surface area (Å²) >= 11 is 0. The van der Waals surface area contributed by atoms with Crippen molar-refractivity contribution >= 4 is 28.4 Å². The Morgan fingerprint density at radius 3 is 2.15 bits per heavy atom. The number of aromatic nitrogens is 1. The number of nitrogens with zero attached hydrogens (tertiary/aromatic N) is 2. The summed E-state index contributed by atoms with van der Waals surface area (Å²) in [7, 11) is 0. The summed E-state index contributed by atoms with van der Waals surface area (Å²) in [5.41, 5.74) is 26.4. The number of para-hydroxylation sites is 1. The first-order valence-corrected chi connectivity index (χ1v) is 14.1. The maximum atomic E-state index is 13.4. The largest absolute Gasteiger partial charge is 0.343 e. The Kier molecular flexibility index (Phi) is 12.4. The van der Waals surface area contributed by atoms with Crippen LogP contribution in [0.3, 0.4) is 0 Å². The molecule has 2 aromatic carbocycles. The van der Waals surface area contributed by atoms with E-state index in [0.29, 0.717) is 44.6 Å². The van der Waals surface area contributed by atoms with Crippen molar-refractivity contribution in [2.75, 3.05) is 51.1 Å². The van der Waals surface area contributed by atoms with Gasteiger partial charge in [0.05, 0.1) is 49.6 Å². The van der Waals surface area contributed by atoms with Crippen LogP contribution in [0.5, 0.6) is 0 Å². The zero-order chi connectivity index (χ0) is 28.8. The van der Waals surface area contributed by atoms with Crippen LogP contribution in [-0.2, 0) is 16.0 Å². The van der Waals surface area contributed by atoms with Crippen LogP contribution < -0.4 is 33.6 Å². The van der Waals surface area contributed by atoms with Crippen molar-refractivity contribution in [3.05, 3.63) is 72.4 Å². The fraction of sp³-hybridized carbons (Fsp3) is 0.433. The van der Waals surface area contributed by atoms with Gasteiger partial charge in [0.1, 0.15) is 6.04 Å². The molecule has 3 aromatic rings. The smallest absolute Gasteiger partial charge is 0.247 e. The first-order valence-electron chi connectivity index (χ1n) is 14.1. The number of pyridine rings is 1. The van der Waals surface area contributed by atoms with Crippen molar-refractivity contribution in [3.63, 3.8) is 0 Å². The molecule has 3 rings (SSSR count). The molecule has 0 aliphatic carbocycles. The lowest BCUT2D eigenvalue weighted by Gasteiger charge is -2.38. The Morgan fingerprint density at radius 1 is 0.825 bits per heavy atom. The van der Waals surface area contributed by atoms with Crippen molar-refractivity contribution in [3.8, 4) is 0 Å². The van der Waals surface area contributed by atoms with E-state index < -0.39 is 12.1 Å². The fourth-order valence-electron chi connectivity index (χ4n) is 5.14. The molecular formula is C30H45N8O2+. The first kappa shape index (κ1) is 31.1. The normalized spacial score (nSPS) is 13.1. The molecule has 216 valence electrons. The van der Waals surface area contributed by atoms with E-state index >= 15 is 0 Å². The molecule has 0 unspecified atom stereocenters. The van der Waals surface area contributed by atoms with Crippen LogP contribution in [-0.4, -0.2) is 79.2 Å². The molecule has 0 aliphatic heterocycles. The van der Waals surface area contributed by atoms with Crippen molar-refractivity contribution in [1.82, 2.24) is 10.3 Å². The second-order valence-corrected chi connectivity index (χ2v) is 10.3. The molecule has 0 saturated heterocycles. The summed E-state index contributed by atoms with van der Waals surface area (Å²) < 4.78 is 0.722. The van der Waals surface area contributed by atoms with Crippen molar-refractivity contribution in [1.29, 1.82) is 0 Å². The summed E-state index contributed by atoms with van der Waals surface area (Å²) in [4.78, 5) is 30.9.